The number of aliphatic hydroxyl groups excluding tert-OH is 1. The van der Waals surface area contributed by atoms with Crippen LogP contribution in [0.25, 0.3) is 33.4 Å². The van der Waals surface area contributed by atoms with Gasteiger partial charge in [-0.15, -0.1) is 0 Å². The van der Waals surface area contributed by atoms with E-state index >= 15 is 0 Å². The number of hydrogen-bond donors (Lipinski definition) is 29. The summed E-state index contributed by atoms with van der Waals surface area (Å²) in [5, 5.41) is 275. The van der Waals surface area contributed by atoms with E-state index in [2.05, 4.69) is 5.32 Å². The summed E-state index contributed by atoms with van der Waals surface area (Å²) in [6.45, 7) is 2.50. The zero-order chi connectivity index (χ0) is 102. The van der Waals surface area contributed by atoms with Crippen LogP contribution >= 0.6 is 0 Å². The molecule has 0 bridgehead atoms. The van der Waals surface area contributed by atoms with Crippen LogP contribution in [0.3, 0.4) is 0 Å². The van der Waals surface area contributed by atoms with Gasteiger partial charge in [-0.25, -0.2) is 33.6 Å². The summed E-state index contributed by atoms with van der Waals surface area (Å²) in [4.78, 5) is 210. The standard InChI is InChI=1S/C26H19NO12.C25H17NO13.C24H16O12.C16H10O7/c1-8(28)27-5-4-9-2-3-12(29)10(6-9)15-22(33)19-18(24(35)23(15)34)20(31)11-7-13(30)16(25(36)37)17(26(38)39)14(11)21(19)32;26-9(23(34)35)4-6-1-2-10(27)7(3-6)13-20(31)17-16(22(33)21(13)32)18(29)8-5-11(28)14(24(36)37)15(25(38)39)12(8)19(17)30;25-4-3-7-1-2-10(26)8(5-7)13-20(30)17-16(22(32)21(13)31)18(28)9-6-11(27)14(23(33)34)15(24(35)36)12(9)19(17)29;1-5-11-8(4-10(19)12(5)16(22)23)14(20)7-2-6(17)3-9(18)13(7)15(11)21/h2-3,6-7,29-30,33-35H,4-5H2,1H3,(H,27,28)(H,36,37)(H,38,39);1-3,5,9,27-28,31-33H,4,26H2,(H,34,35)(H,36,37)(H,38,39);1-2,5-6,25-27,30-32H,3-4H2,(H,33,34)(H,35,36);2-4,17-19H,1H3,(H,22,23). The molecule has 0 radical (unpaired) electrons. The van der Waals surface area contributed by atoms with Crippen LogP contribution < -0.4 is 11.1 Å². The van der Waals surface area contributed by atoms with Gasteiger partial charge in [-0.2, -0.15) is 0 Å². The Bertz CT molecular complexity index is 7510. The Labute approximate surface area is 757 Å². The first-order chi connectivity index (χ1) is 64.1. The molecule has 30 N–H and O–H groups in total. The fraction of sp³-hybridized carbons (Fsp3) is 0.0879. The van der Waals surface area contributed by atoms with Crippen molar-refractivity contribution in [3.05, 3.63) is 241 Å². The van der Waals surface area contributed by atoms with Crippen LogP contribution in [0.5, 0.6) is 103 Å². The van der Waals surface area contributed by atoms with Crippen LogP contribution in [-0.2, 0) is 28.9 Å². The van der Waals surface area contributed by atoms with E-state index in [1.165, 1.54) is 50.2 Å². The monoisotopic (exact) mass is 1890 g/mol. The van der Waals surface area contributed by atoms with Gasteiger partial charge in [0.1, 0.15) is 97.3 Å². The minimum atomic E-state index is -2.01. The first-order valence-corrected chi connectivity index (χ1v) is 38.5. The van der Waals surface area contributed by atoms with E-state index < -0.39 is 332 Å². The van der Waals surface area contributed by atoms with E-state index in [1.807, 2.05) is 0 Å². The van der Waals surface area contributed by atoms with E-state index in [9.17, 15) is 209 Å². The predicted molar refractivity (Wildman–Crippen MR) is 451 cm³/mol. The van der Waals surface area contributed by atoms with E-state index in [0.717, 1.165) is 36.4 Å². The number of ketones is 8. The number of nitrogens with one attached hydrogen (secondary N) is 1. The van der Waals surface area contributed by atoms with Gasteiger partial charge in [-0.05, 0) is 115 Å². The van der Waals surface area contributed by atoms with Crippen LogP contribution in [0.4, 0.5) is 0 Å². The number of aromatic hydroxyl groups is 18. The van der Waals surface area contributed by atoms with Crippen molar-refractivity contribution in [2.75, 3.05) is 13.2 Å². The van der Waals surface area contributed by atoms with Gasteiger partial charge < -0.3 is 149 Å². The molecular formula is C91H62N2O44. The summed E-state index contributed by atoms with van der Waals surface area (Å²) in [5.41, 5.74) is -16.3. The van der Waals surface area contributed by atoms with Crippen molar-refractivity contribution in [2.24, 2.45) is 5.73 Å². The molecule has 0 saturated heterocycles. The number of rotatable bonds is 18. The number of fused-ring (bicyclic) bond motifs is 8. The molecule has 700 valence electrons. The topological polar surface area (TPSA) is 874 Å². The Morgan fingerprint density at radius 1 is 0.277 bits per heavy atom. The molecule has 1 atom stereocenters. The van der Waals surface area contributed by atoms with Gasteiger partial charge in [0.15, 0.2) is 80.8 Å². The molecule has 1 unspecified atom stereocenters. The first kappa shape index (κ1) is 96.4. The van der Waals surface area contributed by atoms with Crippen LogP contribution in [-0.4, -0.2) is 257 Å². The molecular weight excluding hydrogens is 1820 g/mol. The highest BCUT2D eigenvalue weighted by Crippen LogP contribution is 2.58. The quantitative estimate of drug-likeness (QED) is 0.0350. The second-order valence-corrected chi connectivity index (χ2v) is 30.1. The Morgan fingerprint density at radius 3 is 0.869 bits per heavy atom. The number of aliphatic carboxylic acids is 1. The average Bonchev–Trinajstić information content (AvgIpc) is 0.740. The smallest absolute Gasteiger partial charge is 0.340 e. The summed E-state index contributed by atoms with van der Waals surface area (Å²) in [5.74, 6) is -41.6. The van der Waals surface area contributed by atoms with Crippen molar-refractivity contribution in [2.45, 2.75) is 39.2 Å². The minimum Gasteiger partial charge on any atom is -0.508 e. The number of carboxylic acid groups (broad SMARTS) is 8. The lowest BCUT2D eigenvalue weighted by Gasteiger charge is -2.24. The van der Waals surface area contributed by atoms with Gasteiger partial charge in [0.05, 0.1) is 72.3 Å². The highest BCUT2D eigenvalue weighted by Gasteiger charge is 2.49. The van der Waals surface area contributed by atoms with Crippen LogP contribution in [0.2, 0.25) is 0 Å². The molecule has 46 nitrogen and oxygen atoms in total. The molecule has 0 heterocycles. The highest BCUT2D eigenvalue weighted by atomic mass is 16.4. The largest absolute Gasteiger partial charge is 0.508 e. The number of aromatic carboxylic acids is 7. The first-order valence-electron chi connectivity index (χ1n) is 38.5. The molecule has 0 spiro atoms. The summed E-state index contributed by atoms with van der Waals surface area (Å²) in [7, 11) is 0. The fourth-order valence-electron chi connectivity index (χ4n) is 16.0. The van der Waals surface area contributed by atoms with Gasteiger partial charge in [-0.1, -0.05) is 18.2 Å². The lowest BCUT2D eigenvalue weighted by Crippen LogP contribution is -2.32. The number of carbonyl (C=O) groups is 17. The molecule has 1 amide bonds. The zero-order valence-corrected chi connectivity index (χ0v) is 68.9. The molecule has 4 aliphatic carbocycles. The lowest BCUT2D eigenvalue weighted by atomic mass is 9.77. The van der Waals surface area contributed by atoms with Crippen LogP contribution in [0, 0.1) is 6.92 Å². The molecule has 0 aliphatic heterocycles. The van der Waals surface area contributed by atoms with Crippen molar-refractivity contribution in [3.8, 4) is 137 Å². The van der Waals surface area contributed by atoms with Gasteiger partial charge >= 0.3 is 47.8 Å². The summed E-state index contributed by atoms with van der Waals surface area (Å²) < 4.78 is 0. The molecule has 0 saturated carbocycles. The number of phenolic OH excluding ortho intramolecular Hbond substituents is 14. The van der Waals surface area contributed by atoms with Crippen molar-refractivity contribution < 1.29 is 219 Å². The fourth-order valence-corrected chi connectivity index (χ4v) is 16.0. The SMILES string of the molecule is CC(=O)NCCc1ccc(O)c(-c2c(O)c(O)c3c(c2O)C(=O)c2c(cc(O)c(C(=O)O)c2C(=O)O)C3=O)c1.Cc1c(C(=O)O)c(O)cc2c1C(=O)c1c(O)cc(O)cc1C2=O.NC(Cc1ccc(O)c(-c2c(O)c(O)c3c(c2O)C(=O)c2c(cc(O)c(C(=O)O)c2C(=O)O)C3=O)c1)C(=O)O.O=C(O)c1c(O)cc2c(c1C(=O)O)C(=O)c1c(O)c(-c3cc(CCO)ccc3O)c(O)c(O)c1C2=O. The maximum atomic E-state index is 13.5. The highest BCUT2D eigenvalue weighted by molar-refractivity contribution is 6.38. The molecule has 0 fully saturated rings. The second-order valence-electron chi connectivity index (χ2n) is 30.1. The number of carboxylic acids is 8. The van der Waals surface area contributed by atoms with E-state index in [-0.39, 0.29) is 82.8 Å². The number of benzene rings is 11. The van der Waals surface area contributed by atoms with Crippen LogP contribution in [0.15, 0.2) is 91.0 Å². The molecule has 137 heavy (non-hydrogen) atoms. The molecule has 11 aromatic rings. The third-order valence-electron chi connectivity index (χ3n) is 22.0. The summed E-state index contributed by atoms with van der Waals surface area (Å²) in [6, 6.07) is 14.2. The maximum Gasteiger partial charge on any atom is 0.340 e. The summed E-state index contributed by atoms with van der Waals surface area (Å²) >= 11 is 0. The maximum absolute atomic E-state index is 13.5. The van der Waals surface area contributed by atoms with Gasteiger partial charge in [0, 0.05) is 92.9 Å². The van der Waals surface area contributed by atoms with Crippen molar-refractivity contribution in [1.82, 2.24) is 5.32 Å². The third-order valence-corrected chi connectivity index (χ3v) is 22.0. The van der Waals surface area contributed by atoms with Crippen LogP contribution in [0.1, 0.15) is 229 Å². The van der Waals surface area contributed by atoms with Gasteiger partial charge in [0.2, 0.25) is 5.91 Å². The third kappa shape index (κ3) is 16.0. The Hall–Kier alpha value is -19.7. The normalized spacial score (nSPS) is 12.5. The zero-order valence-electron chi connectivity index (χ0n) is 68.9. The number of carbonyl (C=O) groups excluding carboxylic acids is 9. The van der Waals surface area contributed by atoms with Gasteiger partial charge in [0.25, 0.3) is 0 Å². The molecule has 15 rings (SSSR count). The van der Waals surface area contributed by atoms with E-state index in [1.54, 1.807) is 0 Å². The molecule has 0 aromatic heterocycles. The Kier molecular flexibility index (Phi) is 25.1. The average molecular weight is 1890 g/mol. The number of hydrogen-bond acceptors (Lipinski definition) is 37. The minimum absolute atomic E-state index is 0.0658. The second kappa shape index (κ2) is 35.7. The number of phenols is 18. The molecule has 11 aromatic carbocycles. The molecule has 46 heteroatoms. The Balaban J connectivity index is 0.000000167. The van der Waals surface area contributed by atoms with Gasteiger partial charge in [-0.3, -0.25) is 47.9 Å². The van der Waals surface area contributed by atoms with Crippen molar-refractivity contribution >= 4 is 99.9 Å². The number of aliphatic hydroxyl groups is 1. The predicted octanol–water partition coefficient (Wildman–Crippen LogP) is 5.91. The Morgan fingerprint density at radius 2 is 0.555 bits per heavy atom. The molecule has 4 aliphatic rings. The van der Waals surface area contributed by atoms with E-state index in [4.69, 9.17) is 15.9 Å². The summed E-state index contributed by atoms with van der Waals surface area (Å²) in [6.07, 6.45) is 0.0504. The van der Waals surface area contributed by atoms with Crippen molar-refractivity contribution in [1.29, 1.82) is 0 Å². The number of amides is 1. The number of nitrogens with two attached hydrogens (primary N) is 1. The van der Waals surface area contributed by atoms with Crippen molar-refractivity contribution in [3.63, 3.8) is 0 Å². The lowest BCUT2D eigenvalue weighted by molar-refractivity contribution is -0.138. The van der Waals surface area contributed by atoms with E-state index in [0.29, 0.717) is 29.3 Å².